The first-order valence-electron chi connectivity index (χ1n) is 7.47. The maximum atomic E-state index is 12.3. The van der Waals surface area contributed by atoms with Gasteiger partial charge in [-0.15, -0.1) is 0 Å². The van der Waals surface area contributed by atoms with Crippen molar-refractivity contribution in [3.05, 3.63) is 35.8 Å². The van der Waals surface area contributed by atoms with Crippen LogP contribution < -0.4 is 5.32 Å². The Morgan fingerprint density at radius 2 is 2.19 bits per heavy atom. The van der Waals surface area contributed by atoms with Crippen LogP contribution in [0.5, 0.6) is 0 Å². The van der Waals surface area contributed by atoms with Crippen LogP contribution in [-0.2, 0) is 0 Å². The Balaban J connectivity index is 1.73. The maximum absolute atomic E-state index is 12.3. The summed E-state index contributed by atoms with van der Waals surface area (Å²) in [5, 5.41) is 12.5. The molecule has 3 rings (SSSR count). The van der Waals surface area contributed by atoms with Gasteiger partial charge in [-0.05, 0) is 31.9 Å². The highest BCUT2D eigenvalue weighted by Crippen LogP contribution is 2.36. The summed E-state index contributed by atoms with van der Waals surface area (Å²) in [4.78, 5) is 16.6. The zero-order valence-corrected chi connectivity index (χ0v) is 12.3. The van der Waals surface area contributed by atoms with Crippen LogP contribution >= 0.6 is 0 Å². The standard InChI is InChI=1S/C16H21N3O2/c1-12-5-4-6-14-18-13(9-19(12)14)15(21)17-10-16(11-20)7-2-3-8-16/h4-6,9,20H,2-3,7-8,10-11H2,1H3,(H,17,21). The molecule has 1 amide bonds. The average Bonchev–Trinajstić information content (AvgIpc) is 3.13. The minimum atomic E-state index is -0.169. The van der Waals surface area contributed by atoms with Gasteiger partial charge in [-0.2, -0.15) is 0 Å². The number of carbonyl (C=O) groups is 1. The number of nitrogens with zero attached hydrogens (tertiary/aromatic N) is 2. The minimum Gasteiger partial charge on any atom is -0.396 e. The molecule has 5 nitrogen and oxygen atoms in total. The predicted octanol–water partition coefficient (Wildman–Crippen LogP) is 1.93. The number of aryl methyl sites for hydroxylation is 1. The quantitative estimate of drug-likeness (QED) is 0.903. The van der Waals surface area contributed by atoms with Gasteiger partial charge in [0.2, 0.25) is 0 Å². The van der Waals surface area contributed by atoms with Crippen LogP contribution in [0.15, 0.2) is 24.4 Å². The van der Waals surface area contributed by atoms with Crippen molar-refractivity contribution in [1.82, 2.24) is 14.7 Å². The molecule has 0 spiro atoms. The fourth-order valence-corrected chi connectivity index (χ4v) is 3.13. The fraction of sp³-hybridized carbons (Fsp3) is 0.500. The van der Waals surface area contributed by atoms with Crippen LogP contribution in [0, 0.1) is 12.3 Å². The Bertz CT molecular complexity index is 657. The number of amides is 1. The molecular weight excluding hydrogens is 266 g/mol. The maximum Gasteiger partial charge on any atom is 0.271 e. The molecule has 0 saturated heterocycles. The molecule has 0 aromatic carbocycles. The summed E-state index contributed by atoms with van der Waals surface area (Å²) in [6.45, 7) is 2.64. The van der Waals surface area contributed by atoms with Crippen LogP contribution in [0.3, 0.4) is 0 Å². The van der Waals surface area contributed by atoms with Gasteiger partial charge in [-0.1, -0.05) is 18.9 Å². The van der Waals surface area contributed by atoms with E-state index < -0.39 is 0 Å². The number of fused-ring (bicyclic) bond motifs is 1. The van der Waals surface area contributed by atoms with E-state index in [1.165, 1.54) is 0 Å². The number of aromatic nitrogens is 2. The average molecular weight is 287 g/mol. The Hall–Kier alpha value is -1.88. The van der Waals surface area contributed by atoms with Crippen LogP contribution in [0.1, 0.15) is 41.9 Å². The largest absolute Gasteiger partial charge is 0.396 e. The Kier molecular flexibility index (Phi) is 3.68. The molecular formula is C16H21N3O2. The number of imidazole rings is 1. The number of hydrogen-bond donors (Lipinski definition) is 2. The lowest BCUT2D eigenvalue weighted by Gasteiger charge is -2.26. The molecule has 0 aliphatic heterocycles. The van der Waals surface area contributed by atoms with Gasteiger partial charge in [0.25, 0.3) is 5.91 Å². The van der Waals surface area contributed by atoms with Crippen molar-refractivity contribution >= 4 is 11.6 Å². The molecule has 1 fully saturated rings. The van der Waals surface area contributed by atoms with Gasteiger partial charge in [-0.25, -0.2) is 4.98 Å². The molecule has 21 heavy (non-hydrogen) atoms. The van der Waals surface area contributed by atoms with E-state index in [0.29, 0.717) is 12.2 Å². The highest BCUT2D eigenvalue weighted by atomic mass is 16.3. The van der Waals surface area contributed by atoms with Crippen molar-refractivity contribution in [3.63, 3.8) is 0 Å². The highest BCUT2D eigenvalue weighted by molar-refractivity contribution is 5.92. The third-order valence-corrected chi connectivity index (χ3v) is 4.55. The fourth-order valence-electron chi connectivity index (χ4n) is 3.13. The molecule has 1 saturated carbocycles. The van der Waals surface area contributed by atoms with E-state index in [1.807, 2.05) is 29.5 Å². The number of aliphatic hydroxyl groups is 1. The van der Waals surface area contributed by atoms with Gasteiger partial charge in [0.05, 0.1) is 6.61 Å². The van der Waals surface area contributed by atoms with Crippen LogP contribution in [-0.4, -0.2) is 33.6 Å². The molecule has 0 unspecified atom stereocenters. The summed E-state index contributed by atoms with van der Waals surface area (Å²) in [6, 6.07) is 5.80. The molecule has 2 aromatic heterocycles. The molecule has 0 atom stereocenters. The molecule has 2 heterocycles. The summed E-state index contributed by atoms with van der Waals surface area (Å²) < 4.78 is 1.91. The Morgan fingerprint density at radius 3 is 2.86 bits per heavy atom. The first-order valence-corrected chi connectivity index (χ1v) is 7.47. The normalized spacial score (nSPS) is 17.2. The van der Waals surface area contributed by atoms with Gasteiger partial charge < -0.3 is 14.8 Å². The second-order valence-corrected chi connectivity index (χ2v) is 6.07. The zero-order valence-electron chi connectivity index (χ0n) is 12.3. The zero-order chi connectivity index (χ0) is 14.9. The summed E-state index contributed by atoms with van der Waals surface area (Å²) in [6.07, 6.45) is 5.98. The van der Waals surface area contributed by atoms with E-state index in [-0.39, 0.29) is 17.9 Å². The molecule has 112 valence electrons. The number of carbonyl (C=O) groups excluding carboxylic acids is 1. The number of nitrogens with one attached hydrogen (secondary N) is 1. The second kappa shape index (κ2) is 5.48. The molecule has 5 heteroatoms. The Labute approximate surface area is 124 Å². The lowest BCUT2D eigenvalue weighted by atomic mass is 9.87. The predicted molar refractivity (Wildman–Crippen MR) is 80.2 cm³/mol. The first kappa shape index (κ1) is 14.1. The third kappa shape index (κ3) is 2.65. The lowest BCUT2D eigenvalue weighted by molar-refractivity contribution is 0.0876. The lowest BCUT2D eigenvalue weighted by Crippen LogP contribution is -2.38. The van der Waals surface area contributed by atoms with Crippen LogP contribution in [0.2, 0.25) is 0 Å². The molecule has 0 bridgehead atoms. The van der Waals surface area contributed by atoms with Crippen LogP contribution in [0.4, 0.5) is 0 Å². The van der Waals surface area contributed by atoms with Gasteiger partial charge in [0.1, 0.15) is 11.3 Å². The van der Waals surface area contributed by atoms with E-state index in [1.54, 1.807) is 6.20 Å². The van der Waals surface area contributed by atoms with Crippen LogP contribution in [0.25, 0.3) is 5.65 Å². The summed E-state index contributed by atoms with van der Waals surface area (Å²) >= 11 is 0. The smallest absolute Gasteiger partial charge is 0.271 e. The number of aliphatic hydroxyl groups excluding tert-OH is 1. The summed E-state index contributed by atoms with van der Waals surface area (Å²) in [5.41, 5.74) is 2.11. The van der Waals surface area contributed by atoms with Gasteiger partial charge >= 0.3 is 0 Å². The number of hydrogen-bond acceptors (Lipinski definition) is 3. The highest BCUT2D eigenvalue weighted by Gasteiger charge is 2.33. The molecule has 2 N–H and O–H groups in total. The molecule has 2 aromatic rings. The van der Waals surface area contributed by atoms with E-state index in [9.17, 15) is 9.90 Å². The van der Waals surface area contributed by atoms with E-state index in [2.05, 4.69) is 10.3 Å². The van der Waals surface area contributed by atoms with Gasteiger partial charge in [0, 0.05) is 23.9 Å². The monoisotopic (exact) mass is 287 g/mol. The Morgan fingerprint density at radius 1 is 1.43 bits per heavy atom. The van der Waals surface area contributed by atoms with E-state index in [4.69, 9.17) is 0 Å². The number of pyridine rings is 1. The van der Waals surface area contributed by atoms with E-state index >= 15 is 0 Å². The first-order chi connectivity index (χ1) is 10.1. The summed E-state index contributed by atoms with van der Waals surface area (Å²) in [5.74, 6) is -0.169. The van der Waals surface area contributed by atoms with Crippen molar-refractivity contribution < 1.29 is 9.90 Å². The third-order valence-electron chi connectivity index (χ3n) is 4.55. The van der Waals surface area contributed by atoms with Crippen molar-refractivity contribution in [1.29, 1.82) is 0 Å². The van der Waals surface area contributed by atoms with E-state index in [0.717, 1.165) is 37.0 Å². The van der Waals surface area contributed by atoms with Crippen molar-refractivity contribution in [2.75, 3.05) is 13.2 Å². The molecule has 1 aliphatic carbocycles. The number of rotatable bonds is 4. The topological polar surface area (TPSA) is 66.6 Å². The molecule has 0 radical (unpaired) electrons. The SMILES string of the molecule is Cc1cccc2nc(C(=O)NCC3(CO)CCCC3)cn12. The van der Waals surface area contributed by atoms with Crippen molar-refractivity contribution in [3.8, 4) is 0 Å². The van der Waals surface area contributed by atoms with Crippen molar-refractivity contribution in [2.24, 2.45) is 5.41 Å². The second-order valence-electron chi connectivity index (χ2n) is 6.07. The minimum absolute atomic E-state index is 0.134. The van der Waals surface area contributed by atoms with Crippen molar-refractivity contribution in [2.45, 2.75) is 32.6 Å². The van der Waals surface area contributed by atoms with Gasteiger partial charge in [0.15, 0.2) is 0 Å². The summed E-state index contributed by atoms with van der Waals surface area (Å²) in [7, 11) is 0. The molecule has 1 aliphatic rings. The van der Waals surface area contributed by atoms with Gasteiger partial charge in [-0.3, -0.25) is 4.79 Å².